The summed E-state index contributed by atoms with van der Waals surface area (Å²) in [6.07, 6.45) is -4.38. The number of hydrogen-bond donors (Lipinski definition) is 1. The highest BCUT2D eigenvalue weighted by molar-refractivity contribution is 6.33. The molecule has 0 bridgehead atoms. The van der Waals surface area contributed by atoms with E-state index in [1.165, 1.54) is 13.0 Å². The number of alkyl halides is 3. The fraction of sp³-hybridized carbons (Fsp3) is 0.571. The zero-order valence-corrected chi connectivity index (χ0v) is 12.4. The van der Waals surface area contributed by atoms with Crippen molar-refractivity contribution < 1.29 is 18.3 Å². The maximum absolute atomic E-state index is 13.2. The van der Waals surface area contributed by atoms with E-state index in [1.54, 1.807) is 13.8 Å². The van der Waals surface area contributed by atoms with Crippen molar-refractivity contribution >= 4 is 11.6 Å². The Morgan fingerprint density at radius 3 is 2.05 bits per heavy atom. The number of aromatic hydroxyl groups is 1. The Balaban J connectivity index is 3.62. The lowest BCUT2D eigenvalue weighted by atomic mass is 9.79. The smallest absolute Gasteiger partial charge is 0.397 e. The SMILES string of the molecule is Cc1c(C(C)(C)C(F)(F)F)cc(C(C)C)c(O)c1Cl. The van der Waals surface area contributed by atoms with Crippen molar-refractivity contribution in [3.63, 3.8) is 0 Å². The van der Waals surface area contributed by atoms with Crippen LogP contribution in [0, 0.1) is 6.92 Å². The van der Waals surface area contributed by atoms with E-state index in [-0.39, 0.29) is 27.8 Å². The Hall–Kier alpha value is -0.900. The molecule has 0 spiro atoms. The summed E-state index contributed by atoms with van der Waals surface area (Å²) in [7, 11) is 0. The van der Waals surface area contributed by atoms with E-state index in [0.29, 0.717) is 5.56 Å². The fourth-order valence-electron chi connectivity index (χ4n) is 2.00. The second-order valence-corrected chi connectivity index (χ2v) is 5.96. The topological polar surface area (TPSA) is 20.2 Å². The predicted octanol–water partition coefficient (Wildman–Crippen LogP) is 5.32. The Morgan fingerprint density at radius 2 is 1.68 bits per heavy atom. The third kappa shape index (κ3) is 2.69. The van der Waals surface area contributed by atoms with Crippen LogP contribution in [0.2, 0.25) is 5.02 Å². The van der Waals surface area contributed by atoms with E-state index < -0.39 is 11.6 Å². The van der Waals surface area contributed by atoms with Crippen molar-refractivity contribution in [1.82, 2.24) is 0 Å². The molecule has 0 unspecified atom stereocenters. The summed E-state index contributed by atoms with van der Waals surface area (Å²) >= 11 is 5.97. The summed E-state index contributed by atoms with van der Waals surface area (Å²) in [5, 5.41) is 9.93. The van der Waals surface area contributed by atoms with Crippen molar-refractivity contribution in [2.45, 2.75) is 52.1 Å². The molecule has 0 aliphatic carbocycles. The Labute approximate surface area is 116 Å². The van der Waals surface area contributed by atoms with Gasteiger partial charge in [-0.25, -0.2) is 0 Å². The molecule has 0 saturated heterocycles. The van der Waals surface area contributed by atoms with Gasteiger partial charge in [0.05, 0.1) is 10.4 Å². The number of hydrogen-bond acceptors (Lipinski definition) is 1. The average molecular weight is 295 g/mol. The predicted molar refractivity (Wildman–Crippen MR) is 71.0 cm³/mol. The molecule has 108 valence electrons. The van der Waals surface area contributed by atoms with Gasteiger partial charge in [0.25, 0.3) is 0 Å². The molecule has 1 N–H and O–H groups in total. The van der Waals surface area contributed by atoms with Gasteiger partial charge >= 0.3 is 6.18 Å². The molecule has 0 fully saturated rings. The highest BCUT2D eigenvalue weighted by atomic mass is 35.5. The molecule has 0 atom stereocenters. The average Bonchev–Trinajstić information content (AvgIpc) is 2.23. The van der Waals surface area contributed by atoms with Crippen LogP contribution >= 0.6 is 11.6 Å². The fourth-order valence-corrected chi connectivity index (χ4v) is 2.21. The Bertz CT molecular complexity index is 490. The molecular formula is C14H18ClF3O. The van der Waals surface area contributed by atoms with E-state index >= 15 is 0 Å². The molecule has 0 amide bonds. The standard InChI is InChI=1S/C14H18ClF3O/c1-7(2)9-6-10(8(3)11(15)12(9)19)13(4,5)14(16,17)18/h6-7,19H,1-5H3. The summed E-state index contributed by atoms with van der Waals surface area (Å²) in [5.41, 5.74) is -1.21. The maximum Gasteiger partial charge on any atom is 0.397 e. The number of phenolic OH excluding ortho intramolecular Hbond substituents is 1. The van der Waals surface area contributed by atoms with Crippen molar-refractivity contribution in [3.05, 3.63) is 27.8 Å². The number of benzene rings is 1. The molecule has 1 aromatic rings. The van der Waals surface area contributed by atoms with E-state index in [4.69, 9.17) is 11.6 Å². The molecule has 19 heavy (non-hydrogen) atoms. The Kier molecular flexibility index (Phi) is 4.16. The van der Waals surface area contributed by atoms with Crippen molar-refractivity contribution in [3.8, 4) is 5.75 Å². The first-order valence-electron chi connectivity index (χ1n) is 6.00. The van der Waals surface area contributed by atoms with Crippen LogP contribution in [-0.4, -0.2) is 11.3 Å². The third-order valence-corrected chi connectivity index (χ3v) is 3.98. The minimum atomic E-state index is -4.38. The number of halogens is 4. The number of rotatable bonds is 2. The van der Waals surface area contributed by atoms with Crippen LogP contribution < -0.4 is 0 Å². The molecule has 0 aliphatic heterocycles. The summed E-state index contributed by atoms with van der Waals surface area (Å²) in [6, 6.07) is 1.41. The van der Waals surface area contributed by atoms with Crippen molar-refractivity contribution in [2.24, 2.45) is 0 Å². The maximum atomic E-state index is 13.2. The molecule has 1 nitrogen and oxygen atoms in total. The van der Waals surface area contributed by atoms with Gasteiger partial charge in [-0.05, 0) is 43.4 Å². The minimum Gasteiger partial charge on any atom is -0.506 e. The molecule has 1 aromatic carbocycles. The zero-order chi connectivity index (χ0) is 15.2. The highest BCUT2D eigenvalue weighted by Gasteiger charge is 2.49. The van der Waals surface area contributed by atoms with Gasteiger partial charge in [-0.15, -0.1) is 0 Å². The summed E-state index contributed by atoms with van der Waals surface area (Å²) in [4.78, 5) is 0. The van der Waals surface area contributed by atoms with Gasteiger partial charge in [0.15, 0.2) is 0 Å². The normalized spacial score (nSPS) is 13.2. The lowest BCUT2D eigenvalue weighted by molar-refractivity contribution is -0.180. The summed E-state index contributed by atoms with van der Waals surface area (Å²) in [5.74, 6) is -0.239. The van der Waals surface area contributed by atoms with Gasteiger partial charge in [-0.1, -0.05) is 31.5 Å². The van der Waals surface area contributed by atoms with Crippen LogP contribution in [0.5, 0.6) is 5.75 Å². The van der Waals surface area contributed by atoms with Gasteiger partial charge in [-0.2, -0.15) is 13.2 Å². The van der Waals surface area contributed by atoms with Gasteiger partial charge in [0, 0.05) is 0 Å². The molecule has 0 heterocycles. The van der Waals surface area contributed by atoms with E-state index in [9.17, 15) is 18.3 Å². The second kappa shape index (κ2) is 4.89. The zero-order valence-electron chi connectivity index (χ0n) is 11.6. The molecule has 5 heteroatoms. The summed E-state index contributed by atoms with van der Waals surface area (Å²) < 4.78 is 39.5. The molecule has 0 radical (unpaired) electrons. The quantitative estimate of drug-likeness (QED) is 0.783. The molecule has 0 saturated carbocycles. The first-order valence-corrected chi connectivity index (χ1v) is 6.38. The minimum absolute atomic E-state index is 0.00137. The third-order valence-electron chi connectivity index (χ3n) is 3.52. The van der Waals surface area contributed by atoms with Gasteiger partial charge in [-0.3, -0.25) is 0 Å². The number of phenols is 1. The lowest BCUT2D eigenvalue weighted by Gasteiger charge is -2.31. The second-order valence-electron chi connectivity index (χ2n) is 5.58. The lowest BCUT2D eigenvalue weighted by Crippen LogP contribution is -2.37. The van der Waals surface area contributed by atoms with Crippen LogP contribution in [0.4, 0.5) is 13.2 Å². The van der Waals surface area contributed by atoms with Gasteiger partial charge in [0.2, 0.25) is 0 Å². The molecule has 0 aliphatic rings. The van der Waals surface area contributed by atoms with Gasteiger partial charge in [0.1, 0.15) is 5.75 Å². The largest absolute Gasteiger partial charge is 0.506 e. The van der Waals surface area contributed by atoms with Crippen molar-refractivity contribution in [1.29, 1.82) is 0 Å². The van der Waals surface area contributed by atoms with Crippen LogP contribution in [0.3, 0.4) is 0 Å². The molecule has 1 rings (SSSR count). The Morgan fingerprint density at radius 1 is 1.21 bits per heavy atom. The first kappa shape index (κ1) is 16.2. The van der Waals surface area contributed by atoms with E-state index in [0.717, 1.165) is 13.8 Å². The van der Waals surface area contributed by atoms with Crippen molar-refractivity contribution in [2.75, 3.05) is 0 Å². The van der Waals surface area contributed by atoms with E-state index in [2.05, 4.69) is 0 Å². The van der Waals surface area contributed by atoms with Crippen LogP contribution in [-0.2, 0) is 5.41 Å². The molecular weight excluding hydrogens is 277 g/mol. The highest BCUT2D eigenvalue weighted by Crippen LogP contribution is 2.46. The van der Waals surface area contributed by atoms with Crippen LogP contribution in [0.1, 0.15) is 50.3 Å². The monoisotopic (exact) mass is 294 g/mol. The molecule has 0 aromatic heterocycles. The summed E-state index contributed by atoms with van der Waals surface area (Å²) in [6.45, 7) is 7.32. The van der Waals surface area contributed by atoms with E-state index in [1.807, 2.05) is 0 Å². The van der Waals surface area contributed by atoms with Crippen LogP contribution in [0.15, 0.2) is 6.07 Å². The first-order chi connectivity index (χ1) is 8.41. The van der Waals surface area contributed by atoms with Crippen LogP contribution in [0.25, 0.3) is 0 Å². The van der Waals surface area contributed by atoms with Gasteiger partial charge < -0.3 is 5.11 Å².